The van der Waals surface area contributed by atoms with Gasteiger partial charge in [0.15, 0.2) is 0 Å². The summed E-state index contributed by atoms with van der Waals surface area (Å²) in [5, 5.41) is 0.782. The van der Waals surface area contributed by atoms with E-state index < -0.39 is 0 Å². The summed E-state index contributed by atoms with van der Waals surface area (Å²) in [6.07, 6.45) is 1.97. The van der Waals surface area contributed by atoms with E-state index in [4.69, 9.17) is 4.74 Å². The maximum atomic E-state index is 13.1. The fourth-order valence-electron chi connectivity index (χ4n) is 3.67. The summed E-state index contributed by atoms with van der Waals surface area (Å²) >= 11 is 0. The second-order valence-corrected chi connectivity index (χ2v) is 6.98. The number of carbonyl (C=O) groups excluding carboxylic acids is 1. The van der Waals surface area contributed by atoms with E-state index in [1.54, 1.807) is 0 Å². The molecule has 0 aliphatic carbocycles. The van der Waals surface area contributed by atoms with Crippen molar-refractivity contribution >= 4 is 16.8 Å². The minimum Gasteiger partial charge on any atom is -0.493 e. The first-order chi connectivity index (χ1) is 13.2. The number of hydrogen-bond donors (Lipinski definition) is 1. The van der Waals surface area contributed by atoms with Crippen molar-refractivity contribution in [3.8, 4) is 5.75 Å². The Bertz CT molecular complexity index is 997. The van der Waals surface area contributed by atoms with E-state index in [1.165, 1.54) is 6.07 Å². The monoisotopic (exact) mass is 362 g/mol. The van der Waals surface area contributed by atoms with Crippen LogP contribution in [0.5, 0.6) is 5.75 Å². The van der Waals surface area contributed by atoms with Gasteiger partial charge in [0.05, 0.1) is 12.2 Å². The first-order valence-corrected chi connectivity index (χ1v) is 9.30. The van der Waals surface area contributed by atoms with Gasteiger partial charge in [0.25, 0.3) is 5.91 Å². The lowest BCUT2D eigenvalue weighted by Crippen LogP contribution is -2.42. The van der Waals surface area contributed by atoms with E-state index in [0.717, 1.165) is 24.0 Å². The molecule has 0 bridgehead atoms. The van der Waals surface area contributed by atoms with Crippen molar-refractivity contribution < 1.29 is 9.53 Å². The fourth-order valence-corrected chi connectivity index (χ4v) is 3.67. The third-order valence-electron chi connectivity index (χ3n) is 5.02. The average Bonchev–Trinajstić information content (AvgIpc) is 2.72. The number of rotatable bonds is 4. The number of ether oxygens (including phenoxy) is 1. The summed E-state index contributed by atoms with van der Waals surface area (Å²) in [6.45, 7) is 1.94. The zero-order valence-corrected chi connectivity index (χ0v) is 15.1. The molecule has 0 unspecified atom stereocenters. The third-order valence-corrected chi connectivity index (χ3v) is 5.02. The Balaban J connectivity index is 1.50. The molecule has 4 rings (SSSR count). The molecule has 1 fully saturated rings. The first kappa shape index (κ1) is 17.3. The highest BCUT2D eigenvalue weighted by atomic mass is 16.5. The second kappa shape index (κ2) is 7.66. The third kappa shape index (κ3) is 3.87. The zero-order chi connectivity index (χ0) is 18.6. The molecule has 2 heterocycles. The van der Waals surface area contributed by atoms with Gasteiger partial charge in [-0.15, -0.1) is 0 Å². The standard InChI is InChI=1S/C22H22N2O3/c25-21-13-19(18-10-4-5-11-20(18)23-21)22(26)24-12-6-7-16(14-24)15-27-17-8-2-1-3-9-17/h1-5,8-11,13,16H,6-7,12,14-15H2,(H,23,25)/t16-/m1/s1. The number of aromatic nitrogens is 1. The maximum absolute atomic E-state index is 13.1. The highest BCUT2D eigenvalue weighted by molar-refractivity contribution is 6.05. The second-order valence-electron chi connectivity index (χ2n) is 6.98. The average molecular weight is 362 g/mol. The van der Waals surface area contributed by atoms with E-state index >= 15 is 0 Å². The van der Waals surface area contributed by atoms with Crippen LogP contribution >= 0.6 is 0 Å². The number of aromatic amines is 1. The van der Waals surface area contributed by atoms with Crippen molar-refractivity contribution in [3.05, 3.63) is 76.6 Å². The topological polar surface area (TPSA) is 62.4 Å². The van der Waals surface area contributed by atoms with Crippen molar-refractivity contribution in [1.29, 1.82) is 0 Å². The van der Waals surface area contributed by atoms with Crippen molar-refractivity contribution in [3.63, 3.8) is 0 Å². The van der Waals surface area contributed by atoms with Crippen LogP contribution in [0.25, 0.3) is 10.9 Å². The van der Waals surface area contributed by atoms with Crippen LogP contribution < -0.4 is 10.3 Å². The molecular formula is C22H22N2O3. The Morgan fingerprint density at radius 1 is 1.11 bits per heavy atom. The number of hydrogen-bond acceptors (Lipinski definition) is 3. The first-order valence-electron chi connectivity index (χ1n) is 9.30. The molecule has 5 heteroatoms. The Kier molecular flexibility index (Phi) is 4.92. The van der Waals surface area contributed by atoms with E-state index in [1.807, 2.05) is 59.5 Å². The highest BCUT2D eigenvalue weighted by Crippen LogP contribution is 2.22. The lowest BCUT2D eigenvalue weighted by atomic mass is 9.97. The molecule has 27 heavy (non-hydrogen) atoms. The molecule has 3 aromatic rings. The van der Waals surface area contributed by atoms with Crippen LogP contribution in [0.1, 0.15) is 23.2 Å². The number of pyridine rings is 1. The van der Waals surface area contributed by atoms with E-state index in [-0.39, 0.29) is 17.4 Å². The number of amides is 1. The summed E-state index contributed by atoms with van der Waals surface area (Å²) in [7, 11) is 0. The van der Waals surface area contributed by atoms with Gasteiger partial charge in [0, 0.05) is 36.0 Å². The molecule has 0 saturated carbocycles. The summed E-state index contributed by atoms with van der Waals surface area (Å²) < 4.78 is 5.88. The molecule has 1 amide bonds. The summed E-state index contributed by atoms with van der Waals surface area (Å²) in [5.41, 5.74) is 0.909. The number of H-pyrrole nitrogens is 1. The van der Waals surface area contributed by atoms with Gasteiger partial charge < -0.3 is 14.6 Å². The van der Waals surface area contributed by atoms with Crippen LogP contribution in [-0.2, 0) is 0 Å². The number of benzene rings is 2. The molecule has 1 aliphatic rings. The lowest BCUT2D eigenvalue weighted by Gasteiger charge is -2.33. The molecule has 1 aliphatic heterocycles. The number of fused-ring (bicyclic) bond motifs is 1. The quantitative estimate of drug-likeness (QED) is 0.773. The van der Waals surface area contributed by atoms with Gasteiger partial charge in [-0.2, -0.15) is 0 Å². The SMILES string of the molecule is O=C(c1cc(=O)[nH]c2ccccc12)N1CCC[C@@H](COc2ccccc2)C1. The van der Waals surface area contributed by atoms with E-state index in [9.17, 15) is 9.59 Å². The smallest absolute Gasteiger partial charge is 0.254 e. The van der Waals surface area contributed by atoms with Gasteiger partial charge in [0.1, 0.15) is 5.75 Å². The largest absolute Gasteiger partial charge is 0.493 e. The van der Waals surface area contributed by atoms with E-state index in [0.29, 0.717) is 30.8 Å². The van der Waals surface area contributed by atoms with Crippen molar-refractivity contribution in [1.82, 2.24) is 9.88 Å². The predicted octanol–water partition coefficient (Wildman–Crippen LogP) is 3.46. The van der Waals surface area contributed by atoms with Crippen molar-refractivity contribution in [2.24, 2.45) is 5.92 Å². The number of carbonyl (C=O) groups is 1. The molecule has 5 nitrogen and oxygen atoms in total. The zero-order valence-electron chi connectivity index (χ0n) is 15.1. The van der Waals surface area contributed by atoms with Crippen LogP contribution in [0.15, 0.2) is 65.5 Å². The molecule has 1 atom stereocenters. The van der Waals surface area contributed by atoms with Crippen LogP contribution in [0.2, 0.25) is 0 Å². The van der Waals surface area contributed by atoms with E-state index in [2.05, 4.69) is 4.98 Å². The summed E-state index contributed by atoms with van der Waals surface area (Å²) in [5.74, 6) is 1.06. The van der Waals surface area contributed by atoms with Gasteiger partial charge >= 0.3 is 0 Å². The Morgan fingerprint density at radius 3 is 2.74 bits per heavy atom. The summed E-state index contributed by atoms with van der Waals surface area (Å²) in [4.78, 5) is 29.7. The molecule has 0 radical (unpaired) electrons. The minimum absolute atomic E-state index is 0.0817. The van der Waals surface area contributed by atoms with Gasteiger partial charge in [0.2, 0.25) is 5.56 Å². The normalized spacial score (nSPS) is 17.0. The number of para-hydroxylation sites is 2. The van der Waals surface area contributed by atoms with Gasteiger partial charge in [-0.25, -0.2) is 0 Å². The van der Waals surface area contributed by atoms with Crippen LogP contribution in [-0.4, -0.2) is 35.5 Å². The van der Waals surface area contributed by atoms with Crippen molar-refractivity contribution in [2.45, 2.75) is 12.8 Å². The number of piperidine rings is 1. The molecule has 0 spiro atoms. The Labute approximate surface area is 157 Å². The predicted molar refractivity (Wildman–Crippen MR) is 105 cm³/mol. The number of likely N-dealkylation sites (tertiary alicyclic amines) is 1. The highest BCUT2D eigenvalue weighted by Gasteiger charge is 2.26. The molecule has 138 valence electrons. The fraction of sp³-hybridized carbons (Fsp3) is 0.273. The van der Waals surface area contributed by atoms with Gasteiger partial charge in [-0.05, 0) is 31.0 Å². The number of nitrogens with zero attached hydrogens (tertiary/aromatic N) is 1. The van der Waals surface area contributed by atoms with Crippen molar-refractivity contribution in [2.75, 3.05) is 19.7 Å². The van der Waals surface area contributed by atoms with Crippen LogP contribution in [0.4, 0.5) is 0 Å². The molecule has 2 aromatic carbocycles. The van der Waals surface area contributed by atoms with Gasteiger partial charge in [-0.1, -0.05) is 36.4 Å². The molecule has 1 aromatic heterocycles. The molecule has 1 saturated heterocycles. The maximum Gasteiger partial charge on any atom is 0.254 e. The van der Waals surface area contributed by atoms with Crippen LogP contribution in [0.3, 0.4) is 0 Å². The summed E-state index contributed by atoms with van der Waals surface area (Å²) in [6, 6.07) is 18.6. The molecule has 1 N–H and O–H groups in total. The Hall–Kier alpha value is -3.08. The lowest BCUT2D eigenvalue weighted by molar-refractivity contribution is 0.0635. The van der Waals surface area contributed by atoms with Gasteiger partial charge in [-0.3, -0.25) is 9.59 Å². The Morgan fingerprint density at radius 2 is 1.89 bits per heavy atom. The van der Waals surface area contributed by atoms with Crippen LogP contribution in [0, 0.1) is 5.92 Å². The number of nitrogens with one attached hydrogen (secondary N) is 1. The molecular weight excluding hydrogens is 340 g/mol. The minimum atomic E-state index is -0.252.